The van der Waals surface area contributed by atoms with Gasteiger partial charge in [-0.25, -0.2) is 13.1 Å². The SMILES string of the molecule is COc1ccc(S(=O)(=O)NCC(O)CC(C)C)cc1OC. The third-order valence-electron chi connectivity index (χ3n) is 2.92. The van der Waals surface area contributed by atoms with E-state index in [9.17, 15) is 13.5 Å². The Morgan fingerprint density at radius 2 is 1.81 bits per heavy atom. The molecule has 1 unspecified atom stereocenters. The first kappa shape index (κ1) is 17.7. The van der Waals surface area contributed by atoms with E-state index < -0.39 is 16.1 Å². The minimum atomic E-state index is -3.69. The third-order valence-corrected chi connectivity index (χ3v) is 4.34. The third kappa shape index (κ3) is 5.18. The van der Waals surface area contributed by atoms with Crippen LogP contribution >= 0.6 is 0 Å². The lowest BCUT2D eigenvalue weighted by Gasteiger charge is -2.15. The molecule has 0 saturated carbocycles. The van der Waals surface area contributed by atoms with Crippen LogP contribution in [0.1, 0.15) is 20.3 Å². The van der Waals surface area contributed by atoms with Gasteiger partial charge in [0, 0.05) is 12.6 Å². The van der Waals surface area contributed by atoms with Crippen LogP contribution in [0.25, 0.3) is 0 Å². The van der Waals surface area contributed by atoms with E-state index in [1.807, 2.05) is 13.8 Å². The molecule has 120 valence electrons. The van der Waals surface area contributed by atoms with Gasteiger partial charge >= 0.3 is 0 Å². The highest BCUT2D eigenvalue weighted by molar-refractivity contribution is 7.89. The molecule has 1 rings (SSSR count). The average Bonchev–Trinajstić information content (AvgIpc) is 2.43. The maximum atomic E-state index is 12.2. The summed E-state index contributed by atoms with van der Waals surface area (Å²) in [4.78, 5) is 0.0666. The number of aliphatic hydroxyl groups excluding tert-OH is 1. The number of rotatable bonds is 8. The van der Waals surface area contributed by atoms with Crippen molar-refractivity contribution in [3.63, 3.8) is 0 Å². The van der Waals surface area contributed by atoms with E-state index in [1.165, 1.54) is 32.4 Å². The normalized spacial score (nSPS) is 13.2. The molecule has 0 heterocycles. The first-order valence-corrected chi connectivity index (χ1v) is 8.18. The summed E-state index contributed by atoms with van der Waals surface area (Å²) in [7, 11) is -0.777. The predicted molar refractivity (Wildman–Crippen MR) is 80.2 cm³/mol. The maximum Gasteiger partial charge on any atom is 0.240 e. The summed E-state index contributed by atoms with van der Waals surface area (Å²) in [6.07, 6.45) is -0.172. The van der Waals surface area contributed by atoms with E-state index in [2.05, 4.69) is 4.72 Å². The number of ether oxygens (including phenoxy) is 2. The van der Waals surface area contributed by atoms with Crippen molar-refractivity contribution in [3.8, 4) is 11.5 Å². The van der Waals surface area contributed by atoms with Crippen molar-refractivity contribution >= 4 is 10.0 Å². The van der Waals surface area contributed by atoms with Crippen LogP contribution in [0.15, 0.2) is 23.1 Å². The van der Waals surface area contributed by atoms with Crippen molar-refractivity contribution in [2.45, 2.75) is 31.3 Å². The number of hydrogen-bond acceptors (Lipinski definition) is 5. The molecular weight excluding hydrogens is 294 g/mol. The Morgan fingerprint density at radius 1 is 1.19 bits per heavy atom. The van der Waals surface area contributed by atoms with Crippen LogP contribution in [0.3, 0.4) is 0 Å². The zero-order valence-corrected chi connectivity index (χ0v) is 13.6. The highest BCUT2D eigenvalue weighted by Gasteiger charge is 2.18. The molecule has 0 aliphatic rings. The Kier molecular flexibility index (Phi) is 6.44. The lowest BCUT2D eigenvalue weighted by atomic mass is 10.1. The number of methoxy groups -OCH3 is 2. The molecular formula is C14H23NO5S. The van der Waals surface area contributed by atoms with E-state index in [-0.39, 0.29) is 11.4 Å². The van der Waals surface area contributed by atoms with Gasteiger partial charge in [-0.2, -0.15) is 0 Å². The van der Waals surface area contributed by atoms with Crippen LogP contribution in [0, 0.1) is 5.92 Å². The number of hydrogen-bond donors (Lipinski definition) is 2. The molecule has 0 spiro atoms. The van der Waals surface area contributed by atoms with Crippen molar-refractivity contribution in [1.82, 2.24) is 4.72 Å². The maximum absolute atomic E-state index is 12.2. The summed E-state index contributed by atoms with van der Waals surface area (Å²) < 4.78 is 36.9. The summed E-state index contributed by atoms with van der Waals surface area (Å²) in [5.41, 5.74) is 0. The van der Waals surface area contributed by atoms with Crippen molar-refractivity contribution in [1.29, 1.82) is 0 Å². The van der Waals surface area contributed by atoms with Gasteiger partial charge in [0.25, 0.3) is 0 Å². The van der Waals surface area contributed by atoms with Gasteiger partial charge in [0.05, 0.1) is 25.2 Å². The molecule has 21 heavy (non-hydrogen) atoms. The summed E-state index contributed by atoms with van der Waals surface area (Å²) in [6, 6.07) is 4.34. The van der Waals surface area contributed by atoms with Gasteiger partial charge in [-0.1, -0.05) is 13.8 Å². The average molecular weight is 317 g/mol. The molecule has 0 saturated heterocycles. The van der Waals surface area contributed by atoms with Crippen molar-refractivity contribution < 1.29 is 23.0 Å². The quantitative estimate of drug-likeness (QED) is 0.757. The molecule has 0 amide bonds. The Morgan fingerprint density at radius 3 is 2.33 bits per heavy atom. The Labute approximate surface area is 126 Å². The van der Waals surface area contributed by atoms with Gasteiger partial charge in [-0.05, 0) is 24.5 Å². The van der Waals surface area contributed by atoms with Crippen LogP contribution < -0.4 is 14.2 Å². The lowest BCUT2D eigenvalue weighted by molar-refractivity contribution is 0.152. The molecule has 0 fully saturated rings. The van der Waals surface area contributed by atoms with Gasteiger partial charge in [0.15, 0.2) is 11.5 Å². The molecule has 0 aromatic heterocycles. The lowest BCUT2D eigenvalue weighted by Crippen LogP contribution is -2.32. The fraction of sp³-hybridized carbons (Fsp3) is 0.571. The van der Waals surface area contributed by atoms with Crippen molar-refractivity contribution in [2.75, 3.05) is 20.8 Å². The van der Waals surface area contributed by atoms with Crippen LogP contribution in [0.2, 0.25) is 0 Å². The van der Waals surface area contributed by atoms with Gasteiger partial charge in [-0.3, -0.25) is 0 Å². The summed E-state index contributed by atoms with van der Waals surface area (Å²) >= 11 is 0. The largest absolute Gasteiger partial charge is 0.493 e. The van der Waals surface area contributed by atoms with Gasteiger partial charge in [0.2, 0.25) is 10.0 Å². The Hall–Kier alpha value is -1.31. The predicted octanol–water partition coefficient (Wildman–Crippen LogP) is 1.39. The van der Waals surface area contributed by atoms with Crippen molar-refractivity contribution in [3.05, 3.63) is 18.2 Å². The Balaban J connectivity index is 2.83. The highest BCUT2D eigenvalue weighted by atomic mass is 32.2. The van der Waals surface area contributed by atoms with Crippen LogP contribution in [-0.2, 0) is 10.0 Å². The number of benzene rings is 1. The fourth-order valence-corrected chi connectivity index (χ4v) is 2.99. The molecule has 0 aliphatic carbocycles. The zero-order valence-electron chi connectivity index (χ0n) is 12.8. The molecule has 7 heteroatoms. The van der Waals surface area contributed by atoms with Crippen LogP contribution in [0.5, 0.6) is 11.5 Å². The molecule has 1 aromatic rings. The molecule has 1 aromatic carbocycles. The van der Waals surface area contributed by atoms with Crippen molar-refractivity contribution in [2.24, 2.45) is 5.92 Å². The smallest absolute Gasteiger partial charge is 0.240 e. The van der Waals surface area contributed by atoms with E-state index >= 15 is 0 Å². The van der Waals surface area contributed by atoms with Gasteiger partial charge in [0.1, 0.15) is 0 Å². The van der Waals surface area contributed by atoms with E-state index in [4.69, 9.17) is 9.47 Å². The molecule has 0 aliphatic heterocycles. The van der Waals surface area contributed by atoms with E-state index in [0.717, 1.165) is 0 Å². The van der Waals surface area contributed by atoms with E-state index in [1.54, 1.807) is 0 Å². The monoisotopic (exact) mass is 317 g/mol. The first-order valence-electron chi connectivity index (χ1n) is 6.70. The van der Waals surface area contributed by atoms with Crippen LogP contribution in [-0.4, -0.2) is 40.4 Å². The van der Waals surface area contributed by atoms with Crippen LogP contribution in [0.4, 0.5) is 0 Å². The minimum Gasteiger partial charge on any atom is -0.493 e. The second-order valence-corrected chi connectivity index (χ2v) is 6.92. The zero-order chi connectivity index (χ0) is 16.0. The second-order valence-electron chi connectivity index (χ2n) is 5.15. The first-order chi connectivity index (χ1) is 9.80. The standard InChI is InChI=1S/C14H23NO5S/c1-10(2)7-11(16)9-15-21(17,18)12-5-6-13(19-3)14(8-12)20-4/h5-6,8,10-11,15-16H,7,9H2,1-4H3. The molecule has 6 nitrogen and oxygen atoms in total. The van der Waals surface area contributed by atoms with Gasteiger partial charge in [-0.15, -0.1) is 0 Å². The summed E-state index contributed by atoms with van der Waals surface area (Å²) in [6.45, 7) is 3.91. The topological polar surface area (TPSA) is 84.9 Å². The fourth-order valence-electron chi connectivity index (χ4n) is 1.90. The summed E-state index contributed by atoms with van der Waals surface area (Å²) in [5, 5.41) is 9.74. The number of nitrogens with one attached hydrogen (secondary N) is 1. The molecule has 2 N–H and O–H groups in total. The number of sulfonamides is 1. The van der Waals surface area contributed by atoms with E-state index in [0.29, 0.717) is 23.8 Å². The molecule has 0 bridgehead atoms. The highest BCUT2D eigenvalue weighted by Crippen LogP contribution is 2.29. The minimum absolute atomic E-state index is 0.0190. The number of aliphatic hydroxyl groups is 1. The second kappa shape index (κ2) is 7.63. The van der Waals surface area contributed by atoms with Gasteiger partial charge < -0.3 is 14.6 Å². The summed E-state index contributed by atoms with van der Waals surface area (Å²) in [5.74, 6) is 1.09. The molecule has 1 atom stereocenters. The molecule has 0 radical (unpaired) electrons. The Bertz CT molecular complexity index is 556.